The number of amides is 1. The van der Waals surface area contributed by atoms with Crippen molar-refractivity contribution < 1.29 is 4.79 Å². The zero-order chi connectivity index (χ0) is 15.1. The molecule has 0 saturated carbocycles. The maximum Gasteiger partial charge on any atom is 0.237 e. The molecule has 0 spiro atoms. The Bertz CT molecular complexity index is 291. The van der Waals surface area contributed by atoms with E-state index in [1.807, 2.05) is 6.92 Å². The van der Waals surface area contributed by atoms with Crippen LogP contribution in [0.2, 0.25) is 0 Å². The van der Waals surface area contributed by atoms with E-state index >= 15 is 0 Å². The molecule has 1 amide bonds. The molecule has 126 valence electrons. The average molecular weight is 320 g/mol. The van der Waals surface area contributed by atoms with Gasteiger partial charge in [0.2, 0.25) is 5.91 Å². The smallest absolute Gasteiger partial charge is 0.237 e. The molecule has 0 aromatic rings. The largest absolute Gasteiger partial charge is 0.355 e. The van der Waals surface area contributed by atoms with Crippen molar-refractivity contribution in [3.8, 4) is 0 Å². The number of likely N-dealkylation sites (tertiary alicyclic amines) is 1. The number of nitrogens with zero attached hydrogens (tertiary/aromatic N) is 1. The van der Waals surface area contributed by atoms with Crippen molar-refractivity contribution >= 4 is 18.3 Å². The second-order valence-corrected chi connectivity index (χ2v) is 6.76. The standard InChI is InChI=1S/C16H33N3O.ClH/c1-5-14(4)15(17)16(20)18-7-6-8-19-10-12(2)9-13(3)11-19;/h12-15H,5-11,17H2,1-4H3,(H,18,20);1H. The molecule has 0 radical (unpaired) electrons. The van der Waals surface area contributed by atoms with Crippen molar-refractivity contribution in [2.75, 3.05) is 26.2 Å². The summed E-state index contributed by atoms with van der Waals surface area (Å²) < 4.78 is 0. The lowest BCUT2D eigenvalue weighted by atomic mass is 9.92. The summed E-state index contributed by atoms with van der Waals surface area (Å²) in [5.74, 6) is 1.85. The first kappa shape index (κ1) is 20.7. The summed E-state index contributed by atoms with van der Waals surface area (Å²) >= 11 is 0. The Morgan fingerprint density at radius 3 is 2.43 bits per heavy atom. The summed E-state index contributed by atoms with van der Waals surface area (Å²) in [5.41, 5.74) is 5.91. The average Bonchev–Trinajstić information content (AvgIpc) is 2.40. The highest BCUT2D eigenvalue weighted by atomic mass is 35.5. The zero-order valence-electron chi connectivity index (χ0n) is 14.1. The maximum atomic E-state index is 11.8. The molecule has 0 aliphatic carbocycles. The van der Waals surface area contributed by atoms with Gasteiger partial charge in [0, 0.05) is 19.6 Å². The number of hydrogen-bond donors (Lipinski definition) is 2. The van der Waals surface area contributed by atoms with Gasteiger partial charge >= 0.3 is 0 Å². The Kier molecular flexibility index (Phi) is 10.3. The minimum atomic E-state index is -0.366. The molecule has 0 bridgehead atoms. The summed E-state index contributed by atoms with van der Waals surface area (Å²) in [7, 11) is 0. The predicted molar refractivity (Wildman–Crippen MR) is 91.7 cm³/mol. The summed E-state index contributed by atoms with van der Waals surface area (Å²) in [6.07, 6.45) is 3.30. The van der Waals surface area contributed by atoms with Crippen LogP contribution in [0.15, 0.2) is 0 Å². The Morgan fingerprint density at radius 1 is 1.33 bits per heavy atom. The number of nitrogens with one attached hydrogen (secondary N) is 1. The van der Waals surface area contributed by atoms with Crippen molar-refractivity contribution in [2.45, 2.75) is 53.0 Å². The van der Waals surface area contributed by atoms with Gasteiger partial charge in [-0.1, -0.05) is 34.1 Å². The van der Waals surface area contributed by atoms with Gasteiger partial charge in [0.1, 0.15) is 0 Å². The van der Waals surface area contributed by atoms with Crippen LogP contribution in [0.3, 0.4) is 0 Å². The van der Waals surface area contributed by atoms with Crippen LogP contribution in [0.4, 0.5) is 0 Å². The van der Waals surface area contributed by atoms with Gasteiger partial charge in [-0.25, -0.2) is 0 Å². The minimum Gasteiger partial charge on any atom is -0.355 e. The summed E-state index contributed by atoms with van der Waals surface area (Å²) in [5, 5.41) is 2.97. The third kappa shape index (κ3) is 7.48. The Labute approximate surface area is 136 Å². The van der Waals surface area contributed by atoms with Gasteiger partial charge in [0.25, 0.3) is 0 Å². The molecule has 1 heterocycles. The molecule has 5 heteroatoms. The summed E-state index contributed by atoms with van der Waals surface area (Å²) in [6.45, 7) is 13.0. The number of rotatable bonds is 7. The van der Waals surface area contributed by atoms with E-state index in [2.05, 4.69) is 31.0 Å². The molecule has 1 aliphatic rings. The van der Waals surface area contributed by atoms with Crippen molar-refractivity contribution in [3.05, 3.63) is 0 Å². The molecule has 1 aliphatic heterocycles. The number of nitrogens with two attached hydrogens (primary N) is 1. The molecule has 1 fully saturated rings. The highest BCUT2D eigenvalue weighted by Crippen LogP contribution is 2.20. The Balaban J connectivity index is 0.00000400. The molecule has 0 aromatic heterocycles. The van der Waals surface area contributed by atoms with E-state index in [1.54, 1.807) is 0 Å². The van der Waals surface area contributed by atoms with E-state index in [1.165, 1.54) is 19.5 Å². The lowest BCUT2D eigenvalue weighted by molar-refractivity contribution is -0.123. The summed E-state index contributed by atoms with van der Waals surface area (Å²) in [6, 6.07) is -0.366. The monoisotopic (exact) mass is 319 g/mol. The molecular weight excluding hydrogens is 286 g/mol. The highest BCUT2D eigenvalue weighted by Gasteiger charge is 2.21. The van der Waals surface area contributed by atoms with Crippen LogP contribution in [-0.4, -0.2) is 43.0 Å². The van der Waals surface area contributed by atoms with Crippen LogP contribution < -0.4 is 11.1 Å². The lowest BCUT2D eigenvalue weighted by Crippen LogP contribution is -2.45. The minimum absolute atomic E-state index is 0. The van der Waals surface area contributed by atoms with Crippen LogP contribution in [-0.2, 0) is 4.79 Å². The fraction of sp³-hybridized carbons (Fsp3) is 0.938. The van der Waals surface area contributed by atoms with Crippen LogP contribution in [0, 0.1) is 17.8 Å². The second kappa shape index (κ2) is 10.4. The molecular formula is C16H34ClN3O. The van der Waals surface area contributed by atoms with E-state index in [0.29, 0.717) is 0 Å². The molecule has 4 atom stereocenters. The van der Waals surface area contributed by atoms with Crippen LogP contribution in [0.1, 0.15) is 47.0 Å². The van der Waals surface area contributed by atoms with Crippen molar-refractivity contribution in [1.29, 1.82) is 0 Å². The second-order valence-electron chi connectivity index (χ2n) is 6.76. The first-order chi connectivity index (χ1) is 9.43. The number of hydrogen-bond acceptors (Lipinski definition) is 3. The molecule has 1 rings (SSSR count). The van der Waals surface area contributed by atoms with E-state index < -0.39 is 0 Å². The quantitative estimate of drug-likeness (QED) is 0.708. The van der Waals surface area contributed by atoms with Gasteiger partial charge in [-0.3, -0.25) is 4.79 Å². The number of piperidine rings is 1. The Morgan fingerprint density at radius 2 is 1.90 bits per heavy atom. The molecule has 0 aromatic carbocycles. The highest BCUT2D eigenvalue weighted by molar-refractivity contribution is 5.85. The van der Waals surface area contributed by atoms with Crippen molar-refractivity contribution in [2.24, 2.45) is 23.5 Å². The lowest BCUT2D eigenvalue weighted by Gasteiger charge is -2.35. The Hall–Kier alpha value is -0.320. The third-order valence-electron chi connectivity index (χ3n) is 4.45. The SMILES string of the molecule is CCC(C)C(N)C(=O)NCCCN1CC(C)CC(C)C1.Cl. The summed E-state index contributed by atoms with van der Waals surface area (Å²) in [4.78, 5) is 14.4. The van der Waals surface area contributed by atoms with Crippen LogP contribution >= 0.6 is 12.4 Å². The van der Waals surface area contributed by atoms with E-state index in [0.717, 1.165) is 37.8 Å². The number of carbonyl (C=O) groups excluding carboxylic acids is 1. The molecule has 4 nitrogen and oxygen atoms in total. The first-order valence-electron chi connectivity index (χ1n) is 8.19. The van der Waals surface area contributed by atoms with Gasteiger partial charge < -0.3 is 16.0 Å². The van der Waals surface area contributed by atoms with Crippen molar-refractivity contribution in [1.82, 2.24) is 10.2 Å². The van der Waals surface area contributed by atoms with Crippen LogP contribution in [0.5, 0.6) is 0 Å². The van der Waals surface area contributed by atoms with Gasteiger partial charge in [-0.15, -0.1) is 12.4 Å². The number of carbonyl (C=O) groups is 1. The topological polar surface area (TPSA) is 58.4 Å². The molecule has 1 saturated heterocycles. The molecule has 3 N–H and O–H groups in total. The normalized spacial score (nSPS) is 25.8. The van der Waals surface area contributed by atoms with Crippen LogP contribution in [0.25, 0.3) is 0 Å². The maximum absolute atomic E-state index is 11.8. The van der Waals surface area contributed by atoms with E-state index in [-0.39, 0.29) is 30.3 Å². The molecule has 21 heavy (non-hydrogen) atoms. The van der Waals surface area contributed by atoms with Gasteiger partial charge in [-0.2, -0.15) is 0 Å². The fourth-order valence-electron chi connectivity index (χ4n) is 3.12. The van der Waals surface area contributed by atoms with Crippen molar-refractivity contribution in [3.63, 3.8) is 0 Å². The number of halogens is 1. The van der Waals surface area contributed by atoms with E-state index in [4.69, 9.17) is 5.73 Å². The molecule has 4 unspecified atom stereocenters. The van der Waals surface area contributed by atoms with E-state index in [9.17, 15) is 4.79 Å². The zero-order valence-corrected chi connectivity index (χ0v) is 14.9. The third-order valence-corrected chi connectivity index (χ3v) is 4.45. The predicted octanol–water partition coefficient (Wildman–Crippen LogP) is 2.27. The fourth-order valence-corrected chi connectivity index (χ4v) is 3.12. The van der Waals surface area contributed by atoms with Gasteiger partial charge in [-0.05, 0) is 37.1 Å². The van der Waals surface area contributed by atoms with Gasteiger partial charge in [0.05, 0.1) is 6.04 Å². The first-order valence-corrected chi connectivity index (χ1v) is 8.19. The van der Waals surface area contributed by atoms with Gasteiger partial charge in [0.15, 0.2) is 0 Å².